The molecule has 2 aromatic rings. The van der Waals surface area contributed by atoms with E-state index in [1.54, 1.807) is 11.3 Å². The highest BCUT2D eigenvalue weighted by Crippen LogP contribution is 2.23. The lowest BCUT2D eigenvalue weighted by Gasteiger charge is -1.93. The standard InChI is InChI=1S/C11H9S/c1-9-7-11(8-12-9)10-5-3-2-4-6-10/h2-7H,1H3. The Labute approximate surface area is 76.5 Å². The van der Waals surface area contributed by atoms with Gasteiger partial charge < -0.3 is 0 Å². The van der Waals surface area contributed by atoms with E-state index in [4.69, 9.17) is 0 Å². The first-order chi connectivity index (χ1) is 5.86. The Morgan fingerprint density at radius 2 is 1.92 bits per heavy atom. The number of aryl methyl sites for hydroxylation is 1. The summed E-state index contributed by atoms with van der Waals surface area (Å²) in [6, 6.07) is 12.5. The van der Waals surface area contributed by atoms with Crippen LogP contribution in [0.3, 0.4) is 0 Å². The van der Waals surface area contributed by atoms with E-state index in [0.29, 0.717) is 0 Å². The maximum Gasteiger partial charge on any atom is 0.0530 e. The fourth-order valence-corrected chi connectivity index (χ4v) is 1.78. The van der Waals surface area contributed by atoms with Gasteiger partial charge in [0, 0.05) is 10.4 Å². The molecule has 0 saturated heterocycles. The molecule has 0 bridgehead atoms. The molecule has 0 atom stereocenters. The molecule has 0 fully saturated rings. The Hall–Kier alpha value is -1.08. The molecule has 0 aliphatic carbocycles. The lowest BCUT2D eigenvalue weighted by atomic mass is 10.1. The van der Waals surface area contributed by atoms with Crippen LogP contribution in [0.2, 0.25) is 0 Å². The third kappa shape index (κ3) is 1.41. The monoisotopic (exact) mass is 173 g/mol. The predicted molar refractivity (Wildman–Crippen MR) is 53.3 cm³/mol. The van der Waals surface area contributed by atoms with Crippen molar-refractivity contribution < 1.29 is 0 Å². The van der Waals surface area contributed by atoms with E-state index in [2.05, 4.69) is 42.6 Å². The molecule has 0 spiro atoms. The largest absolute Gasteiger partial charge is 0.139 e. The zero-order valence-electron chi connectivity index (χ0n) is 6.87. The zero-order chi connectivity index (χ0) is 8.39. The smallest absolute Gasteiger partial charge is 0.0530 e. The van der Waals surface area contributed by atoms with Crippen LogP contribution in [0, 0.1) is 12.3 Å². The Balaban J connectivity index is 2.45. The summed E-state index contributed by atoms with van der Waals surface area (Å²) in [6.45, 7) is 2.10. The third-order valence-electron chi connectivity index (χ3n) is 1.75. The van der Waals surface area contributed by atoms with Gasteiger partial charge in [0.2, 0.25) is 0 Å². The third-order valence-corrected chi connectivity index (χ3v) is 2.52. The Morgan fingerprint density at radius 1 is 1.17 bits per heavy atom. The van der Waals surface area contributed by atoms with Crippen molar-refractivity contribution in [3.63, 3.8) is 0 Å². The van der Waals surface area contributed by atoms with Crippen LogP contribution in [-0.4, -0.2) is 0 Å². The minimum Gasteiger partial charge on any atom is -0.139 e. The number of benzene rings is 1. The molecule has 1 heteroatoms. The fourth-order valence-electron chi connectivity index (χ4n) is 1.16. The second-order valence-electron chi connectivity index (χ2n) is 2.74. The molecule has 59 valence electrons. The molecule has 0 unspecified atom stereocenters. The van der Waals surface area contributed by atoms with E-state index < -0.39 is 0 Å². The van der Waals surface area contributed by atoms with Crippen molar-refractivity contribution >= 4 is 11.3 Å². The maximum atomic E-state index is 3.26. The summed E-state index contributed by atoms with van der Waals surface area (Å²) in [5.74, 6) is 0. The van der Waals surface area contributed by atoms with Crippen LogP contribution in [-0.2, 0) is 0 Å². The zero-order valence-corrected chi connectivity index (χ0v) is 7.69. The molecule has 0 amide bonds. The highest BCUT2D eigenvalue weighted by Gasteiger charge is 1.97. The van der Waals surface area contributed by atoms with Crippen LogP contribution in [0.4, 0.5) is 0 Å². The first-order valence-electron chi connectivity index (χ1n) is 3.90. The maximum absolute atomic E-state index is 3.26. The Bertz CT molecular complexity index is 360. The van der Waals surface area contributed by atoms with E-state index >= 15 is 0 Å². The lowest BCUT2D eigenvalue weighted by molar-refractivity contribution is 1.61. The second-order valence-corrected chi connectivity index (χ2v) is 3.79. The molecule has 0 nitrogen and oxygen atoms in total. The highest BCUT2D eigenvalue weighted by molar-refractivity contribution is 7.09. The summed E-state index contributed by atoms with van der Waals surface area (Å²) in [5.41, 5.74) is 2.46. The average Bonchev–Trinajstić information content (AvgIpc) is 2.54. The van der Waals surface area contributed by atoms with Crippen LogP contribution in [0.1, 0.15) is 4.88 Å². The quantitative estimate of drug-likeness (QED) is 0.619. The fraction of sp³-hybridized carbons (Fsp3) is 0.0909. The molecule has 1 aromatic heterocycles. The minimum absolute atomic E-state index is 1.21. The van der Waals surface area contributed by atoms with Gasteiger partial charge in [-0.15, -0.1) is 11.3 Å². The van der Waals surface area contributed by atoms with Crippen LogP contribution in [0.25, 0.3) is 11.1 Å². The molecule has 12 heavy (non-hydrogen) atoms. The van der Waals surface area contributed by atoms with Gasteiger partial charge >= 0.3 is 0 Å². The summed E-state index contributed by atoms with van der Waals surface area (Å²) >= 11 is 1.67. The first-order valence-corrected chi connectivity index (χ1v) is 4.71. The van der Waals surface area contributed by atoms with Crippen molar-refractivity contribution in [1.29, 1.82) is 0 Å². The molecule has 1 radical (unpaired) electrons. The molecule has 0 N–H and O–H groups in total. The molecule has 2 rings (SSSR count). The number of hydrogen-bond acceptors (Lipinski definition) is 1. The van der Waals surface area contributed by atoms with E-state index in [9.17, 15) is 0 Å². The van der Waals surface area contributed by atoms with Gasteiger partial charge in [0.25, 0.3) is 0 Å². The van der Waals surface area contributed by atoms with E-state index in [1.807, 2.05) is 6.07 Å². The van der Waals surface area contributed by atoms with Crippen molar-refractivity contribution in [3.05, 3.63) is 46.7 Å². The Kier molecular flexibility index (Phi) is 1.96. The van der Waals surface area contributed by atoms with Gasteiger partial charge in [0.15, 0.2) is 0 Å². The molecule has 0 saturated carbocycles. The first kappa shape index (κ1) is 7.56. The van der Waals surface area contributed by atoms with Gasteiger partial charge in [0.1, 0.15) is 0 Å². The summed E-state index contributed by atoms with van der Waals surface area (Å²) in [7, 11) is 0. The second kappa shape index (κ2) is 3.11. The summed E-state index contributed by atoms with van der Waals surface area (Å²) in [6.07, 6.45) is 0. The summed E-state index contributed by atoms with van der Waals surface area (Å²) in [4.78, 5) is 1.31. The number of hydrogen-bond donors (Lipinski definition) is 0. The van der Waals surface area contributed by atoms with E-state index in [-0.39, 0.29) is 0 Å². The van der Waals surface area contributed by atoms with Gasteiger partial charge in [-0.05, 0) is 18.6 Å². The van der Waals surface area contributed by atoms with Crippen LogP contribution in [0.5, 0.6) is 0 Å². The summed E-state index contributed by atoms with van der Waals surface area (Å²) < 4.78 is 0. The SMILES string of the molecule is Cc1cc(-c2ccccc2)[c]s1. The van der Waals surface area contributed by atoms with Crippen molar-refractivity contribution in [2.24, 2.45) is 0 Å². The van der Waals surface area contributed by atoms with Crippen LogP contribution in [0.15, 0.2) is 36.4 Å². The number of rotatable bonds is 1. The van der Waals surface area contributed by atoms with E-state index in [0.717, 1.165) is 0 Å². The van der Waals surface area contributed by atoms with Gasteiger partial charge in [0.05, 0.1) is 5.38 Å². The van der Waals surface area contributed by atoms with Gasteiger partial charge in [-0.25, -0.2) is 0 Å². The molecular weight excluding hydrogens is 164 g/mol. The van der Waals surface area contributed by atoms with Crippen molar-refractivity contribution in [2.45, 2.75) is 6.92 Å². The number of thiophene rings is 1. The molecule has 1 heterocycles. The van der Waals surface area contributed by atoms with Gasteiger partial charge in [-0.2, -0.15) is 0 Å². The average molecular weight is 173 g/mol. The summed E-state index contributed by atoms with van der Waals surface area (Å²) in [5, 5.41) is 3.26. The topological polar surface area (TPSA) is 0 Å². The van der Waals surface area contributed by atoms with Crippen LogP contribution < -0.4 is 0 Å². The van der Waals surface area contributed by atoms with Gasteiger partial charge in [-0.3, -0.25) is 0 Å². The van der Waals surface area contributed by atoms with Crippen LogP contribution >= 0.6 is 11.3 Å². The van der Waals surface area contributed by atoms with Crippen molar-refractivity contribution in [1.82, 2.24) is 0 Å². The molecule has 0 aliphatic rings. The molecule has 1 aromatic carbocycles. The normalized spacial score (nSPS) is 10.1. The van der Waals surface area contributed by atoms with E-state index in [1.165, 1.54) is 16.0 Å². The molecule has 0 aliphatic heterocycles. The lowest BCUT2D eigenvalue weighted by Crippen LogP contribution is -1.70. The van der Waals surface area contributed by atoms with Gasteiger partial charge in [-0.1, -0.05) is 30.3 Å². The highest BCUT2D eigenvalue weighted by atomic mass is 32.1. The predicted octanol–water partition coefficient (Wildman–Crippen LogP) is 3.52. The van der Waals surface area contributed by atoms with Crippen molar-refractivity contribution in [3.8, 4) is 11.1 Å². The minimum atomic E-state index is 1.21. The Morgan fingerprint density at radius 3 is 2.50 bits per heavy atom. The van der Waals surface area contributed by atoms with Crippen molar-refractivity contribution in [2.75, 3.05) is 0 Å². The molecular formula is C11H9S.